The first-order valence-electron chi connectivity index (χ1n) is 8.46. The van der Waals surface area contributed by atoms with Crippen LogP contribution >= 0.6 is 0 Å². The van der Waals surface area contributed by atoms with E-state index in [4.69, 9.17) is 0 Å². The van der Waals surface area contributed by atoms with E-state index in [-0.39, 0.29) is 23.8 Å². The van der Waals surface area contributed by atoms with E-state index in [0.29, 0.717) is 11.4 Å². The molecule has 3 aromatic rings. The van der Waals surface area contributed by atoms with Gasteiger partial charge in [-0.2, -0.15) is 0 Å². The van der Waals surface area contributed by atoms with Crippen LogP contribution in [0.3, 0.4) is 0 Å². The summed E-state index contributed by atoms with van der Waals surface area (Å²) >= 11 is 0. The molecular formula is C17H18FN7O3S. The van der Waals surface area contributed by atoms with Gasteiger partial charge >= 0.3 is 0 Å². The van der Waals surface area contributed by atoms with Gasteiger partial charge in [0.05, 0.1) is 35.9 Å². The Bertz CT molecular complexity index is 1120. The number of carbonyl (C=O) groups excluding carboxylic acids is 1. The Kier molecular flexibility index (Phi) is 5.82. The molecule has 10 nitrogen and oxygen atoms in total. The molecule has 2 heterocycles. The summed E-state index contributed by atoms with van der Waals surface area (Å²) in [5.74, 6) is -1.29. The van der Waals surface area contributed by atoms with Crippen LogP contribution in [0.25, 0.3) is 11.4 Å². The summed E-state index contributed by atoms with van der Waals surface area (Å²) in [4.78, 5) is 20.6. The number of hydrogen-bond acceptors (Lipinski definition) is 7. The number of aromatic nitrogens is 5. The maximum absolute atomic E-state index is 13.6. The van der Waals surface area contributed by atoms with Crippen LogP contribution in [0.4, 0.5) is 10.1 Å². The summed E-state index contributed by atoms with van der Waals surface area (Å²) in [7, 11) is -3.63. The van der Waals surface area contributed by atoms with Crippen LogP contribution in [0.15, 0.2) is 43.0 Å². The Morgan fingerprint density at radius 1 is 1.28 bits per heavy atom. The first-order valence-corrected chi connectivity index (χ1v) is 10.4. The molecular weight excluding hydrogens is 401 g/mol. The van der Waals surface area contributed by atoms with E-state index in [1.54, 1.807) is 36.4 Å². The van der Waals surface area contributed by atoms with E-state index in [1.165, 1.54) is 6.07 Å². The molecule has 1 aromatic carbocycles. The molecule has 2 aromatic heterocycles. The third-order valence-electron chi connectivity index (χ3n) is 3.87. The quantitative estimate of drug-likeness (QED) is 0.589. The number of rotatable bonds is 7. The predicted molar refractivity (Wildman–Crippen MR) is 103 cm³/mol. The van der Waals surface area contributed by atoms with Gasteiger partial charge in [0.25, 0.3) is 5.91 Å². The maximum atomic E-state index is 13.6. The molecule has 0 bridgehead atoms. The fourth-order valence-electron chi connectivity index (χ4n) is 2.46. The van der Waals surface area contributed by atoms with Crippen molar-refractivity contribution in [3.8, 4) is 11.4 Å². The number of halogens is 1. The molecule has 0 aliphatic carbocycles. The topological polar surface area (TPSA) is 132 Å². The van der Waals surface area contributed by atoms with E-state index in [9.17, 15) is 17.6 Å². The third kappa shape index (κ3) is 5.31. The second-order valence-corrected chi connectivity index (χ2v) is 8.05. The standard InChI is InChI=1S/C17H18FN7O3S/c1-11(25-10-16(22-24-25)15-9-19-5-6-20-15)8-21-17(26)13-7-12(18)3-4-14(13)23-29(2,27)28/h3-7,9-11,23H,8H2,1-2H3,(H,21,26). The molecule has 0 saturated carbocycles. The highest BCUT2D eigenvalue weighted by Gasteiger charge is 2.17. The zero-order chi connectivity index (χ0) is 21.0. The Hall–Kier alpha value is -3.41. The molecule has 29 heavy (non-hydrogen) atoms. The number of benzene rings is 1. The zero-order valence-corrected chi connectivity index (χ0v) is 16.4. The van der Waals surface area contributed by atoms with Crippen molar-refractivity contribution >= 4 is 21.6 Å². The highest BCUT2D eigenvalue weighted by Crippen LogP contribution is 2.19. The first kappa shape index (κ1) is 20.3. The van der Waals surface area contributed by atoms with E-state index in [1.807, 2.05) is 0 Å². The lowest BCUT2D eigenvalue weighted by atomic mass is 10.1. The second-order valence-electron chi connectivity index (χ2n) is 6.30. The second kappa shape index (κ2) is 8.31. The predicted octanol–water partition coefficient (Wildman–Crippen LogP) is 1.24. The van der Waals surface area contributed by atoms with Gasteiger partial charge in [0.15, 0.2) is 0 Å². The summed E-state index contributed by atoms with van der Waals surface area (Å²) in [6.45, 7) is 1.95. The molecule has 1 atom stereocenters. The van der Waals surface area contributed by atoms with E-state index in [0.717, 1.165) is 18.4 Å². The Morgan fingerprint density at radius 3 is 2.76 bits per heavy atom. The van der Waals surface area contributed by atoms with E-state index in [2.05, 4.69) is 30.3 Å². The van der Waals surface area contributed by atoms with Gasteiger partial charge < -0.3 is 5.32 Å². The van der Waals surface area contributed by atoms with Gasteiger partial charge in [-0.3, -0.25) is 19.5 Å². The smallest absolute Gasteiger partial charge is 0.253 e. The molecule has 0 saturated heterocycles. The van der Waals surface area contributed by atoms with Gasteiger partial charge in [-0.15, -0.1) is 5.10 Å². The van der Waals surface area contributed by atoms with Crippen LogP contribution < -0.4 is 10.0 Å². The van der Waals surface area contributed by atoms with Crippen LogP contribution in [-0.4, -0.2) is 52.1 Å². The van der Waals surface area contributed by atoms with Crippen molar-refractivity contribution in [2.24, 2.45) is 0 Å². The highest BCUT2D eigenvalue weighted by molar-refractivity contribution is 7.92. The lowest BCUT2D eigenvalue weighted by molar-refractivity contribution is 0.0948. The molecule has 0 aliphatic rings. The molecule has 2 N–H and O–H groups in total. The van der Waals surface area contributed by atoms with Crippen molar-refractivity contribution < 1.29 is 17.6 Å². The molecule has 0 radical (unpaired) electrons. The molecule has 1 unspecified atom stereocenters. The minimum Gasteiger partial charge on any atom is -0.350 e. The van der Waals surface area contributed by atoms with Gasteiger partial charge in [0.2, 0.25) is 10.0 Å². The normalized spacial score (nSPS) is 12.4. The summed E-state index contributed by atoms with van der Waals surface area (Å²) in [5, 5.41) is 10.7. The van der Waals surface area contributed by atoms with Crippen LogP contribution in [-0.2, 0) is 10.0 Å². The monoisotopic (exact) mass is 419 g/mol. The van der Waals surface area contributed by atoms with Gasteiger partial charge in [-0.1, -0.05) is 5.21 Å². The lowest BCUT2D eigenvalue weighted by Gasteiger charge is -2.14. The Balaban J connectivity index is 1.70. The van der Waals surface area contributed by atoms with E-state index < -0.39 is 21.7 Å². The number of anilines is 1. The highest BCUT2D eigenvalue weighted by atomic mass is 32.2. The van der Waals surface area contributed by atoms with Crippen LogP contribution in [0.2, 0.25) is 0 Å². The van der Waals surface area contributed by atoms with Crippen molar-refractivity contribution in [3.05, 3.63) is 54.4 Å². The van der Waals surface area contributed by atoms with Gasteiger partial charge in [-0.05, 0) is 25.1 Å². The van der Waals surface area contributed by atoms with E-state index >= 15 is 0 Å². The van der Waals surface area contributed by atoms with Crippen molar-refractivity contribution in [3.63, 3.8) is 0 Å². The van der Waals surface area contributed by atoms with Gasteiger partial charge in [0, 0.05) is 18.9 Å². The van der Waals surface area contributed by atoms with Crippen LogP contribution in [0.1, 0.15) is 23.3 Å². The summed E-state index contributed by atoms with van der Waals surface area (Å²) in [6.07, 6.45) is 7.25. The largest absolute Gasteiger partial charge is 0.350 e. The van der Waals surface area contributed by atoms with Crippen molar-refractivity contribution in [1.82, 2.24) is 30.3 Å². The summed E-state index contributed by atoms with van der Waals surface area (Å²) in [6, 6.07) is 2.95. The Labute approximate surface area is 166 Å². The molecule has 0 fully saturated rings. The molecule has 0 spiro atoms. The summed E-state index contributed by atoms with van der Waals surface area (Å²) < 4.78 is 40.3. The minimum atomic E-state index is -3.63. The lowest BCUT2D eigenvalue weighted by Crippen LogP contribution is -2.30. The minimum absolute atomic E-state index is 0.00949. The van der Waals surface area contributed by atoms with Crippen molar-refractivity contribution in [2.75, 3.05) is 17.5 Å². The number of hydrogen-bond donors (Lipinski definition) is 2. The average Bonchev–Trinajstić information content (AvgIpc) is 3.17. The summed E-state index contributed by atoms with van der Waals surface area (Å²) in [5.41, 5.74) is 0.957. The molecule has 3 rings (SSSR count). The first-order chi connectivity index (χ1) is 13.7. The fraction of sp³-hybridized carbons (Fsp3) is 0.235. The molecule has 0 aliphatic heterocycles. The number of amides is 1. The molecule has 12 heteroatoms. The molecule has 152 valence electrons. The number of carbonyl (C=O) groups is 1. The maximum Gasteiger partial charge on any atom is 0.253 e. The third-order valence-corrected chi connectivity index (χ3v) is 4.46. The zero-order valence-electron chi connectivity index (χ0n) is 15.6. The van der Waals surface area contributed by atoms with Gasteiger partial charge in [-0.25, -0.2) is 17.5 Å². The van der Waals surface area contributed by atoms with Crippen molar-refractivity contribution in [1.29, 1.82) is 0 Å². The SMILES string of the molecule is CC(CNC(=O)c1cc(F)ccc1NS(C)(=O)=O)n1cc(-c2cnccn2)nn1. The van der Waals surface area contributed by atoms with Crippen molar-refractivity contribution in [2.45, 2.75) is 13.0 Å². The number of nitrogens with one attached hydrogen (secondary N) is 2. The molecule has 1 amide bonds. The number of nitrogens with zero attached hydrogens (tertiary/aromatic N) is 5. The van der Waals surface area contributed by atoms with Crippen LogP contribution in [0.5, 0.6) is 0 Å². The van der Waals surface area contributed by atoms with Crippen LogP contribution in [0, 0.1) is 5.82 Å². The Morgan fingerprint density at radius 2 is 2.07 bits per heavy atom. The number of sulfonamides is 1. The van der Waals surface area contributed by atoms with Gasteiger partial charge in [0.1, 0.15) is 17.2 Å². The fourth-order valence-corrected chi connectivity index (χ4v) is 3.04. The average molecular weight is 419 g/mol.